The second kappa shape index (κ2) is 5.42. The van der Waals surface area contributed by atoms with Gasteiger partial charge in [0.05, 0.1) is 5.25 Å². The standard InChI is InChI=1S/C11H12ClN3OS/c12-7-2-1-3-8(6-7)14-5-4-9-10(16)15-11(13)17-9/h1-3,6,9,14H,4-5H2,(H2,13,15,16). The number of hydrogen-bond acceptors (Lipinski definition) is 4. The lowest BCUT2D eigenvalue weighted by atomic mass is 10.2. The van der Waals surface area contributed by atoms with Crippen LogP contribution >= 0.6 is 23.4 Å². The molecule has 1 amide bonds. The van der Waals surface area contributed by atoms with Gasteiger partial charge in [-0.1, -0.05) is 29.4 Å². The SMILES string of the molecule is NC1=NC(=O)C(CCNc2cccc(Cl)c2)S1. The number of carbonyl (C=O) groups is 1. The predicted octanol–water partition coefficient (Wildman–Crippen LogP) is 2.10. The van der Waals surface area contributed by atoms with E-state index in [-0.39, 0.29) is 11.2 Å². The van der Waals surface area contributed by atoms with Crippen LogP contribution in [0, 0.1) is 0 Å². The van der Waals surface area contributed by atoms with Gasteiger partial charge in [0.15, 0.2) is 5.17 Å². The minimum atomic E-state index is -0.151. The van der Waals surface area contributed by atoms with Crippen LogP contribution in [0.5, 0.6) is 0 Å². The highest BCUT2D eigenvalue weighted by molar-refractivity contribution is 8.15. The Balaban J connectivity index is 1.79. The molecule has 1 aromatic carbocycles. The summed E-state index contributed by atoms with van der Waals surface area (Å²) < 4.78 is 0. The summed E-state index contributed by atoms with van der Waals surface area (Å²) in [6, 6.07) is 7.47. The number of rotatable bonds is 4. The molecule has 0 radical (unpaired) electrons. The molecule has 3 N–H and O–H groups in total. The molecule has 6 heteroatoms. The summed E-state index contributed by atoms with van der Waals surface area (Å²) >= 11 is 7.18. The minimum Gasteiger partial charge on any atom is -0.385 e. The van der Waals surface area contributed by atoms with E-state index < -0.39 is 0 Å². The fourth-order valence-electron chi connectivity index (χ4n) is 1.53. The molecule has 2 rings (SSSR count). The first-order valence-electron chi connectivity index (χ1n) is 5.19. The van der Waals surface area contributed by atoms with Crippen LogP contribution in [0.4, 0.5) is 5.69 Å². The number of anilines is 1. The molecule has 1 aromatic rings. The van der Waals surface area contributed by atoms with Crippen molar-refractivity contribution >= 4 is 40.1 Å². The first kappa shape index (κ1) is 12.3. The fraction of sp³-hybridized carbons (Fsp3) is 0.273. The lowest BCUT2D eigenvalue weighted by molar-refractivity contribution is -0.117. The summed E-state index contributed by atoms with van der Waals surface area (Å²) in [4.78, 5) is 15.0. The highest BCUT2D eigenvalue weighted by atomic mass is 35.5. The number of carbonyl (C=O) groups excluding carboxylic acids is 1. The van der Waals surface area contributed by atoms with Gasteiger partial charge in [0.1, 0.15) is 0 Å². The molecule has 1 unspecified atom stereocenters. The number of nitrogens with one attached hydrogen (secondary N) is 1. The molecule has 0 saturated carbocycles. The van der Waals surface area contributed by atoms with E-state index in [1.807, 2.05) is 24.3 Å². The van der Waals surface area contributed by atoms with Crippen LogP contribution in [0.3, 0.4) is 0 Å². The number of amides is 1. The molecule has 0 aliphatic carbocycles. The fourth-order valence-corrected chi connectivity index (χ4v) is 2.55. The Bertz CT molecular complexity index is 464. The predicted molar refractivity (Wildman–Crippen MR) is 72.6 cm³/mol. The number of aliphatic imine (C=N–C) groups is 1. The summed E-state index contributed by atoms with van der Waals surface area (Å²) in [5.41, 5.74) is 6.42. The van der Waals surface area contributed by atoms with Crippen molar-refractivity contribution in [2.45, 2.75) is 11.7 Å². The summed E-state index contributed by atoms with van der Waals surface area (Å²) in [7, 11) is 0. The highest BCUT2D eigenvalue weighted by Crippen LogP contribution is 2.23. The van der Waals surface area contributed by atoms with E-state index in [0.29, 0.717) is 23.2 Å². The molecule has 0 saturated heterocycles. The lowest BCUT2D eigenvalue weighted by Crippen LogP contribution is -2.16. The number of amidine groups is 1. The molecule has 90 valence electrons. The lowest BCUT2D eigenvalue weighted by Gasteiger charge is -2.09. The van der Waals surface area contributed by atoms with Gasteiger partial charge >= 0.3 is 0 Å². The van der Waals surface area contributed by atoms with Crippen molar-refractivity contribution in [3.05, 3.63) is 29.3 Å². The summed E-state index contributed by atoms with van der Waals surface area (Å²) in [6.07, 6.45) is 0.695. The molecule has 4 nitrogen and oxygen atoms in total. The van der Waals surface area contributed by atoms with E-state index in [1.165, 1.54) is 11.8 Å². The number of benzene rings is 1. The van der Waals surface area contributed by atoms with Gasteiger partial charge in [-0.3, -0.25) is 4.79 Å². The first-order chi connectivity index (χ1) is 8.15. The van der Waals surface area contributed by atoms with Crippen molar-refractivity contribution in [3.8, 4) is 0 Å². The van der Waals surface area contributed by atoms with Crippen molar-refractivity contribution < 1.29 is 4.79 Å². The zero-order valence-electron chi connectivity index (χ0n) is 9.02. The number of halogens is 1. The smallest absolute Gasteiger partial charge is 0.261 e. The quantitative estimate of drug-likeness (QED) is 0.878. The number of hydrogen-bond donors (Lipinski definition) is 2. The maximum atomic E-state index is 11.3. The van der Waals surface area contributed by atoms with Crippen molar-refractivity contribution in [3.63, 3.8) is 0 Å². The molecule has 1 atom stereocenters. The third kappa shape index (κ3) is 3.38. The van der Waals surface area contributed by atoms with Crippen LogP contribution in [0.1, 0.15) is 6.42 Å². The molecule has 1 heterocycles. The van der Waals surface area contributed by atoms with E-state index in [2.05, 4.69) is 10.3 Å². The van der Waals surface area contributed by atoms with Gasteiger partial charge < -0.3 is 11.1 Å². The number of thioether (sulfide) groups is 1. The maximum absolute atomic E-state index is 11.3. The maximum Gasteiger partial charge on any atom is 0.261 e. The van der Waals surface area contributed by atoms with Crippen molar-refractivity contribution in [2.75, 3.05) is 11.9 Å². The molecule has 0 spiro atoms. The summed E-state index contributed by atoms with van der Waals surface area (Å²) in [5, 5.41) is 4.11. The molecule has 1 aliphatic rings. The third-order valence-electron chi connectivity index (χ3n) is 2.32. The van der Waals surface area contributed by atoms with Crippen molar-refractivity contribution in [1.82, 2.24) is 0 Å². The largest absolute Gasteiger partial charge is 0.385 e. The van der Waals surface area contributed by atoms with Crippen LogP contribution in [0.2, 0.25) is 5.02 Å². The Hall–Kier alpha value is -1.20. The zero-order valence-corrected chi connectivity index (χ0v) is 10.6. The second-order valence-electron chi connectivity index (χ2n) is 3.62. The van der Waals surface area contributed by atoms with Gasteiger partial charge in [0.25, 0.3) is 5.91 Å². The zero-order chi connectivity index (χ0) is 12.3. The molecule has 0 fully saturated rings. The van der Waals surface area contributed by atoms with E-state index >= 15 is 0 Å². The van der Waals surface area contributed by atoms with Crippen LogP contribution in [-0.4, -0.2) is 22.9 Å². The van der Waals surface area contributed by atoms with Crippen molar-refractivity contribution in [1.29, 1.82) is 0 Å². The average Bonchev–Trinajstić information content (AvgIpc) is 2.58. The molecular formula is C11H12ClN3OS. The van der Waals surface area contributed by atoms with Crippen LogP contribution in [-0.2, 0) is 4.79 Å². The normalized spacial score (nSPS) is 19.2. The van der Waals surface area contributed by atoms with Gasteiger partial charge in [-0.05, 0) is 24.6 Å². The molecule has 17 heavy (non-hydrogen) atoms. The van der Waals surface area contributed by atoms with Gasteiger partial charge in [0.2, 0.25) is 0 Å². The van der Waals surface area contributed by atoms with E-state index in [9.17, 15) is 4.79 Å². The topological polar surface area (TPSA) is 67.5 Å². The number of nitrogens with zero attached hydrogens (tertiary/aromatic N) is 1. The van der Waals surface area contributed by atoms with Crippen molar-refractivity contribution in [2.24, 2.45) is 10.7 Å². The third-order valence-corrected chi connectivity index (χ3v) is 3.61. The van der Waals surface area contributed by atoms with Crippen LogP contribution in [0.15, 0.2) is 29.3 Å². The Kier molecular flexibility index (Phi) is 3.91. The molecule has 0 aromatic heterocycles. The van der Waals surface area contributed by atoms with E-state index in [4.69, 9.17) is 17.3 Å². The monoisotopic (exact) mass is 269 g/mol. The first-order valence-corrected chi connectivity index (χ1v) is 6.45. The Morgan fingerprint density at radius 2 is 2.35 bits per heavy atom. The molecule has 1 aliphatic heterocycles. The summed E-state index contributed by atoms with van der Waals surface area (Å²) in [6.45, 7) is 0.687. The van der Waals surface area contributed by atoms with Crippen LogP contribution in [0.25, 0.3) is 0 Å². The van der Waals surface area contributed by atoms with Gasteiger partial charge in [-0.2, -0.15) is 4.99 Å². The van der Waals surface area contributed by atoms with Crippen LogP contribution < -0.4 is 11.1 Å². The second-order valence-corrected chi connectivity index (χ2v) is 5.28. The van der Waals surface area contributed by atoms with E-state index in [0.717, 1.165) is 5.69 Å². The van der Waals surface area contributed by atoms with Gasteiger partial charge in [0, 0.05) is 17.3 Å². The van der Waals surface area contributed by atoms with Gasteiger partial charge in [-0.15, -0.1) is 0 Å². The number of nitrogens with two attached hydrogens (primary N) is 1. The molecular weight excluding hydrogens is 258 g/mol. The van der Waals surface area contributed by atoms with E-state index in [1.54, 1.807) is 0 Å². The summed E-state index contributed by atoms with van der Waals surface area (Å²) in [5.74, 6) is -0.139. The van der Waals surface area contributed by atoms with Gasteiger partial charge in [-0.25, -0.2) is 0 Å². The Morgan fingerprint density at radius 3 is 3.00 bits per heavy atom. The Labute approximate surface area is 109 Å². The average molecular weight is 270 g/mol. The highest BCUT2D eigenvalue weighted by Gasteiger charge is 2.26. The Morgan fingerprint density at radius 1 is 1.53 bits per heavy atom. The minimum absolute atomic E-state index is 0.139. The molecule has 0 bridgehead atoms.